The van der Waals surface area contributed by atoms with Crippen molar-refractivity contribution in [1.82, 2.24) is 10.2 Å². The van der Waals surface area contributed by atoms with Crippen molar-refractivity contribution < 1.29 is 9.59 Å². The van der Waals surface area contributed by atoms with Crippen LogP contribution in [0.5, 0.6) is 0 Å². The molecule has 1 fully saturated rings. The lowest BCUT2D eigenvalue weighted by atomic mass is 9.89. The minimum absolute atomic E-state index is 0. The number of halogens is 1. The Labute approximate surface area is 146 Å². The van der Waals surface area contributed by atoms with Gasteiger partial charge >= 0.3 is 0 Å². The number of rotatable bonds is 8. The molecular weight excluding hydrogens is 314 g/mol. The Morgan fingerprint density at radius 3 is 2.43 bits per heavy atom. The zero-order valence-corrected chi connectivity index (χ0v) is 15.2. The van der Waals surface area contributed by atoms with Crippen molar-refractivity contribution in [2.45, 2.75) is 52.0 Å². The van der Waals surface area contributed by atoms with Gasteiger partial charge in [0, 0.05) is 13.1 Å². The van der Waals surface area contributed by atoms with Crippen molar-refractivity contribution in [2.24, 2.45) is 17.6 Å². The van der Waals surface area contributed by atoms with Crippen molar-refractivity contribution in [3.63, 3.8) is 0 Å². The summed E-state index contributed by atoms with van der Waals surface area (Å²) in [6.07, 6.45) is 7.91. The lowest BCUT2D eigenvalue weighted by Crippen LogP contribution is -2.48. The highest BCUT2D eigenvalue weighted by atomic mass is 35.5. The molecule has 0 bridgehead atoms. The minimum atomic E-state index is -0.570. The first-order chi connectivity index (χ1) is 10.5. The molecule has 0 saturated heterocycles. The molecule has 23 heavy (non-hydrogen) atoms. The van der Waals surface area contributed by atoms with Crippen LogP contribution in [-0.4, -0.2) is 42.4 Å². The van der Waals surface area contributed by atoms with Gasteiger partial charge in [0.15, 0.2) is 0 Å². The molecule has 0 aliphatic heterocycles. The second kappa shape index (κ2) is 11.5. The summed E-state index contributed by atoms with van der Waals surface area (Å²) >= 11 is 0. The van der Waals surface area contributed by atoms with Crippen LogP contribution in [0.2, 0.25) is 0 Å². The molecule has 1 aliphatic rings. The number of nitrogens with one attached hydrogen (secondary N) is 1. The van der Waals surface area contributed by atoms with Crippen LogP contribution >= 0.6 is 12.4 Å². The minimum Gasteiger partial charge on any atom is -0.346 e. The molecule has 0 heterocycles. The van der Waals surface area contributed by atoms with Gasteiger partial charge in [0.1, 0.15) is 0 Å². The molecule has 0 aromatic rings. The molecule has 3 N–H and O–H groups in total. The van der Waals surface area contributed by atoms with E-state index >= 15 is 0 Å². The predicted octanol–water partition coefficient (Wildman–Crippen LogP) is 2.10. The molecule has 134 valence electrons. The monoisotopic (exact) mass is 345 g/mol. The first-order valence-electron chi connectivity index (χ1n) is 8.37. The Bertz CT molecular complexity index is 382. The molecule has 5 nitrogen and oxygen atoms in total. The standard InChI is InChI=1S/C17H31N3O2.ClH/c1-4-10-20(12-14-8-6-5-7-9-14)15(21)11-19-17(22)16(18)13(2)3;/h4,13-14,16H,1,5-12,18H2,2-3H3,(H,19,22);1H/t16-;/m0./s1. The average molecular weight is 346 g/mol. The Morgan fingerprint density at radius 2 is 1.91 bits per heavy atom. The van der Waals surface area contributed by atoms with Crippen LogP contribution in [-0.2, 0) is 9.59 Å². The maximum absolute atomic E-state index is 12.3. The number of carbonyl (C=O) groups is 2. The van der Waals surface area contributed by atoms with E-state index < -0.39 is 6.04 Å². The molecule has 0 aromatic heterocycles. The van der Waals surface area contributed by atoms with Gasteiger partial charge < -0.3 is 16.0 Å². The van der Waals surface area contributed by atoms with Gasteiger partial charge in [-0.05, 0) is 24.7 Å². The largest absolute Gasteiger partial charge is 0.346 e. The normalized spacial score (nSPS) is 16.3. The maximum atomic E-state index is 12.3. The van der Waals surface area contributed by atoms with Gasteiger partial charge in [-0.15, -0.1) is 19.0 Å². The van der Waals surface area contributed by atoms with Crippen LogP contribution in [0.15, 0.2) is 12.7 Å². The summed E-state index contributed by atoms with van der Waals surface area (Å²) in [6.45, 7) is 8.80. The molecule has 2 amide bonds. The van der Waals surface area contributed by atoms with Crippen molar-refractivity contribution >= 4 is 24.2 Å². The molecule has 0 radical (unpaired) electrons. The summed E-state index contributed by atoms with van der Waals surface area (Å²) in [7, 11) is 0. The number of nitrogens with zero attached hydrogens (tertiary/aromatic N) is 1. The zero-order valence-electron chi connectivity index (χ0n) is 14.4. The molecule has 1 aliphatic carbocycles. The molecule has 6 heteroatoms. The van der Waals surface area contributed by atoms with Crippen molar-refractivity contribution in [2.75, 3.05) is 19.6 Å². The Balaban J connectivity index is 0.00000484. The Hall–Kier alpha value is -1.07. The first-order valence-corrected chi connectivity index (χ1v) is 8.37. The molecule has 0 unspecified atom stereocenters. The molecular formula is C17H32ClN3O2. The molecule has 1 atom stereocenters. The van der Waals surface area contributed by atoms with Gasteiger partial charge in [-0.2, -0.15) is 0 Å². The molecule has 1 saturated carbocycles. The van der Waals surface area contributed by atoms with Gasteiger partial charge in [-0.3, -0.25) is 9.59 Å². The van der Waals surface area contributed by atoms with Crippen molar-refractivity contribution in [3.8, 4) is 0 Å². The summed E-state index contributed by atoms with van der Waals surface area (Å²) in [4.78, 5) is 26.0. The number of amides is 2. The second-order valence-corrected chi connectivity index (χ2v) is 6.58. The van der Waals surface area contributed by atoms with Crippen LogP contribution in [0.1, 0.15) is 46.0 Å². The van der Waals surface area contributed by atoms with Crippen LogP contribution in [0.4, 0.5) is 0 Å². The van der Waals surface area contributed by atoms with E-state index in [1.165, 1.54) is 32.1 Å². The predicted molar refractivity (Wildman–Crippen MR) is 96.4 cm³/mol. The van der Waals surface area contributed by atoms with Gasteiger partial charge in [0.2, 0.25) is 11.8 Å². The lowest BCUT2D eigenvalue weighted by molar-refractivity contribution is -0.133. The quantitative estimate of drug-likeness (QED) is 0.661. The fourth-order valence-corrected chi connectivity index (χ4v) is 2.81. The van der Waals surface area contributed by atoms with Crippen LogP contribution in [0.3, 0.4) is 0 Å². The summed E-state index contributed by atoms with van der Waals surface area (Å²) in [5, 5.41) is 2.65. The Morgan fingerprint density at radius 1 is 1.30 bits per heavy atom. The lowest BCUT2D eigenvalue weighted by Gasteiger charge is -2.29. The van der Waals surface area contributed by atoms with Crippen LogP contribution in [0, 0.1) is 11.8 Å². The SMILES string of the molecule is C=CCN(CC1CCCCC1)C(=O)CNC(=O)[C@@H](N)C(C)C.Cl. The first kappa shape index (κ1) is 21.9. The third kappa shape index (κ3) is 7.84. The Kier molecular flexibility index (Phi) is 10.9. The van der Waals surface area contributed by atoms with Gasteiger partial charge in [0.05, 0.1) is 12.6 Å². The zero-order chi connectivity index (χ0) is 16.5. The van der Waals surface area contributed by atoms with Gasteiger partial charge in [0.25, 0.3) is 0 Å². The van der Waals surface area contributed by atoms with E-state index in [1.807, 2.05) is 13.8 Å². The van der Waals surface area contributed by atoms with E-state index in [9.17, 15) is 9.59 Å². The summed E-state index contributed by atoms with van der Waals surface area (Å²) < 4.78 is 0. The summed E-state index contributed by atoms with van der Waals surface area (Å²) in [6, 6.07) is -0.570. The third-order valence-electron chi connectivity index (χ3n) is 4.34. The fraction of sp³-hybridized carbons (Fsp3) is 0.765. The smallest absolute Gasteiger partial charge is 0.242 e. The molecule has 0 aromatic carbocycles. The van der Waals surface area contributed by atoms with E-state index in [0.717, 1.165) is 6.54 Å². The molecule has 1 rings (SSSR count). The number of nitrogens with two attached hydrogens (primary N) is 1. The van der Waals surface area contributed by atoms with E-state index in [2.05, 4.69) is 11.9 Å². The average Bonchev–Trinajstić information content (AvgIpc) is 2.52. The third-order valence-corrected chi connectivity index (χ3v) is 4.34. The number of hydrogen-bond acceptors (Lipinski definition) is 3. The van der Waals surface area contributed by atoms with E-state index in [4.69, 9.17) is 5.73 Å². The van der Waals surface area contributed by atoms with E-state index in [0.29, 0.717) is 12.5 Å². The van der Waals surface area contributed by atoms with Crippen molar-refractivity contribution in [3.05, 3.63) is 12.7 Å². The van der Waals surface area contributed by atoms with Gasteiger partial charge in [-0.25, -0.2) is 0 Å². The van der Waals surface area contributed by atoms with E-state index in [-0.39, 0.29) is 36.7 Å². The highest BCUT2D eigenvalue weighted by Crippen LogP contribution is 2.24. The topological polar surface area (TPSA) is 75.4 Å². The molecule has 0 spiro atoms. The fourth-order valence-electron chi connectivity index (χ4n) is 2.81. The summed E-state index contributed by atoms with van der Waals surface area (Å²) in [5.41, 5.74) is 5.78. The summed E-state index contributed by atoms with van der Waals surface area (Å²) in [5.74, 6) is 0.308. The van der Waals surface area contributed by atoms with E-state index in [1.54, 1.807) is 11.0 Å². The van der Waals surface area contributed by atoms with Crippen LogP contribution < -0.4 is 11.1 Å². The highest BCUT2D eigenvalue weighted by Gasteiger charge is 2.22. The van der Waals surface area contributed by atoms with Crippen molar-refractivity contribution in [1.29, 1.82) is 0 Å². The number of carbonyl (C=O) groups excluding carboxylic acids is 2. The van der Waals surface area contributed by atoms with Crippen LogP contribution in [0.25, 0.3) is 0 Å². The maximum Gasteiger partial charge on any atom is 0.242 e. The van der Waals surface area contributed by atoms with Gasteiger partial charge in [-0.1, -0.05) is 39.2 Å². The second-order valence-electron chi connectivity index (χ2n) is 6.58. The number of hydrogen-bond donors (Lipinski definition) is 2. The highest BCUT2D eigenvalue weighted by molar-refractivity contribution is 5.87.